The number of alkyl halides is 3. The number of fused-ring (bicyclic) bond motifs is 2. The van der Waals surface area contributed by atoms with E-state index in [0.717, 1.165) is 12.1 Å². The maximum absolute atomic E-state index is 14.4. The van der Waals surface area contributed by atoms with Crippen LogP contribution in [-0.2, 0) is 28.7 Å². The lowest BCUT2D eigenvalue weighted by atomic mass is 9.95. The van der Waals surface area contributed by atoms with Gasteiger partial charge in [-0.05, 0) is 55.0 Å². The lowest BCUT2D eigenvalue weighted by molar-refractivity contribution is -0.137. The molecule has 0 aliphatic carbocycles. The zero-order chi connectivity index (χ0) is 29.8. The Kier molecular flexibility index (Phi) is 12.0. The van der Waals surface area contributed by atoms with Crippen LogP contribution < -0.4 is 20.7 Å². The molecule has 1 aliphatic rings. The van der Waals surface area contributed by atoms with Gasteiger partial charge in [0.05, 0.1) is 24.3 Å². The lowest BCUT2D eigenvalue weighted by Crippen LogP contribution is -2.50. The summed E-state index contributed by atoms with van der Waals surface area (Å²) in [4.78, 5) is 25.5. The third-order valence-electron chi connectivity index (χ3n) is 6.73. The second-order valence-electron chi connectivity index (χ2n) is 10.1. The summed E-state index contributed by atoms with van der Waals surface area (Å²) in [6.07, 6.45) is 1.48. The van der Waals surface area contributed by atoms with Gasteiger partial charge in [-0.1, -0.05) is 18.2 Å². The molecule has 2 bridgehead atoms. The second-order valence-corrected chi connectivity index (χ2v) is 10.1. The SMILES string of the molecule is C#CCC1CCC(=O)NCCCCOc2cc(F)cc(c2)CC(C(O)CNCc2cccc(C(F)(F)F)c2)NC1=O. The number of amides is 2. The van der Waals surface area contributed by atoms with Crippen molar-refractivity contribution in [1.82, 2.24) is 16.0 Å². The van der Waals surface area contributed by atoms with Gasteiger partial charge < -0.3 is 25.8 Å². The minimum atomic E-state index is -4.48. The van der Waals surface area contributed by atoms with Crippen LogP contribution in [0.5, 0.6) is 5.75 Å². The standard InChI is InChI=1S/C30H35F4N3O4/c1-2-6-22-9-10-28(39)36-11-3-4-12-41-25-15-21(14-24(31)17-25)16-26(37-29(22)40)27(38)19-35-18-20-7-5-8-23(13-20)30(32,33)34/h1,5,7-8,13-15,17,22,26-27,35,38H,3-4,6,9-12,16,18-19H2,(H,36,39)(H,37,40). The topological polar surface area (TPSA) is 99.7 Å². The highest BCUT2D eigenvalue weighted by Crippen LogP contribution is 2.29. The third-order valence-corrected chi connectivity index (χ3v) is 6.73. The van der Waals surface area contributed by atoms with Crippen LogP contribution in [0, 0.1) is 24.1 Å². The van der Waals surface area contributed by atoms with Crippen molar-refractivity contribution in [2.75, 3.05) is 19.7 Å². The van der Waals surface area contributed by atoms with Crippen LogP contribution in [0.3, 0.4) is 0 Å². The van der Waals surface area contributed by atoms with Gasteiger partial charge in [-0.25, -0.2) is 4.39 Å². The number of hydrogen-bond donors (Lipinski definition) is 4. The minimum Gasteiger partial charge on any atom is -0.493 e. The first-order valence-corrected chi connectivity index (χ1v) is 13.5. The summed E-state index contributed by atoms with van der Waals surface area (Å²) in [5.74, 6) is 0.830. The molecule has 0 saturated carbocycles. The van der Waals surface area contributed by atoms with E-state index in [9.17, 15) is 32.3 Å². The van der Waals surface area contributed by atoms with Crippen molar-refractivity contribution >= 4 is 11.8 Å². The molecule has 1 heterocycles. The van der Waals surface area contributed by atoms with Gasteiger partial charge in [0.2, 0.25) is 11.8 Å². The summed E-state index contributed by atoms with van der Waals surface area (Å²) in [5.41, 5.74) is 0.0522. The Morgan fingerprint density at radius 2 is 1.98 bits per heavy atom. The highest BCUT2D eigenvalue weighted by atomic mass is 19.4. The summed E-state index contributed by atoms with van der Waals surface area (Å²) < 4.78 is 59.2. The molecule has 4 N–H and O–H groups in total. The van der Waals surface area contributed by atoms with Crippen molar-refractivity contribution in [2.45, 2.75) is 63.4 Å². The largest absolute Gasteiger partial charge is 0.493 e. The fraction of sp³-hybridized carbons (Fsp3) is 0.467. The van der Waals surface area contributed by atoms with E-state index < -0.39 is 41.5 Å². The van der Waals surface area contributed by atoms with Gasteiger partial charge >= 0.3 is 6.18 Å². The summed E-state index contributed by atoms with van der Waals surface area (Å²) in [5, 5.41) is 19.6. The zero-order valence-electron chi connectivity index (χ0n) is 22.6. The maximum Gasteiger partial charge on any atom is 0.416 e. The van der Waals surface area contributed by atoms with Crippen molar-refractivity contribution in [3.63, 3.8) is 0 Å². The molecule has 222 valence electrons. The molecule has 2 amide bonds. The number of carbonyl (C=O) groups excluding carboxylic acids is 2. The molecule has 3 unspecified atom stereocenters. The van der Waals surface area contributed by atoms with Gasteiger partial charge in [-0.2, -0.15) is 13.2 Å². The first-order chi connectivity index (χ1) is 19.5. The van der Waals surface area contributed by atoms with Crippen molar-refractivity contribution in [1.29, 1.82) is 0 Å². The number of ether oxygens (including phenoxy) is 1. The number of aliphatic hydroxyl groups is 1. The number of rotatable bonds is 6. The monoisotopic (exact) mass is 577 g/mol. The maximum atomic E-state index is 14.4. The number of halogens is 4. The normalized spacial score (nSPS) is 20.1. The molecule has 1 aliphatic heterocycles. The van der Waals surface area contributed by atoms with E-state index in [1.807, 2.05) is 0 Å². The van der Waals surface area contributed by atoms with Crippen molar-refractivity contribution in [3.05, 3.63) is 65.0 Å². The van der Waals surface area contributed by atoms with Crippen molar-refractivity contribution < 1.29 is 37.0 Å². The molecule has 0 saturated heterocycles. The second kappa shape index (κ2) is 15.4. The molecule has 2 aromatic rings. The average molecular weight is 578 g/mol. The van der Waals surface area contributed by atoms with Gasteiger partial charge in [0, 0.05) is 44.5 Å². The van der Waals surface area contributed by atoms with Crippen molar-refractivity contribution in [3.8, 4) is 18.1 Å². The van der Waals surface area contributed by atoms with Gasteiger partial charge in [0.15, 0.2) is 0 Å². The quantitative estimate of drug-likeness (QED) is 0.310. The number of nitrogens with one attached hydrogen (secondary N) is 3. The number of benzene rings is 2. The van der Waals surface area contributed by atoms with Gasteiger partial charge in [-0.3, -0.25) is 9.59 Å². The Morgan fingerprint density at radius 3 is 2.73 bits per heavy atom. The van der Waals surface area contributed by atoms with Crippen LogP contribution in [0.25, 0.3) is 0 Å². The van der Waals surface area contributed by atoms with E-state index in [-0.39, 0.29) is 44.7 Å². The molecular weight excluding hydrogens is 542 g/mol. The molecule has 3 rings (SSSR count). The fourth-order valence-electron chi connectivity index (χ4n) is 4.53. The summed E-state index contributed by atoms with van der Waals surface area (Å²) in [6.45, 7) is 0.701. The molecule has 0 radical (unpaired) electrons. The molecular formula is C30H35F4N3O4. The summed E-state index contributed by atoms with van der Waals surface area (Å²) in [6, 6.07) is 8.06. The van der Waals surface area contributed by atoms with Crippen LogP contribution in [0.4, 0.5) is 17.6 Å². The van der Waals surface area contributed by atoms with Crippen LogP contribution in [-0.4, -0.2) is 48.8 Å². The molecule has 2 aromatic carbocycles. The fourth-order valence-corrected chi connectivity index (χ4v) is 4.53. The Labute approximate surface area is 237 Å². The smallest absolute Gasteiger partial charge is 0.416 e. The van der Waals surface area contributed by atoms with Crippen molar-refractivity contribution in [2.24, 2.45) is 5.92 Å². The van der Waals surface area contributed by atoms with Crippen LogP contribution in [0.15, 0.2) is 42.5 Å². The Morgan fingerprint density at radius 1 is 1.17 bits per heavy atom. The number of carbonyl (C=O) groups is 2. The number of hydrogen-bond acceptors (Lipinski definition) is 5. The average Bonchev–Trinajstić information content (AvgIpc) is 2.91. The predicted molar refractivity (Wildman–Crippen MR) is 145 cm³/mol. The summed E-state index contributed by atoms with van der Waals surface area (Å²) in [7, 11) is 0. The lowest BCUT2D eigenvalue weighted by Gasteiger charge is -2.27. The predicted octanol–water partition coefficient (Wildman–Crippen LogP) is 3.73. The van der Waals surface area contributed by atoms with Crippen LogP contribution >= 0.6 is 0 Å². The third kappa shape index (κ3) is 10.7. The molecule has 0 spiro atoms. The number of aliphatic hydroxyl groups excluding tert-OH is 1. The van der Waals surface area contributed by atoms with E-state index in [2.05, 4.69) is 21.9 Å². The van der Waals surface area contributed by atoms with E-state index in [1.165, 1.54) is 24.3 Å². The molecule has 3 atom stereocenters. The number of terminal acetylenes is 1. The van der Waals surface area contributed by atoms with Crippen LogP contribution in [0.1, 0.15) is 48.8 Å². The zero-order valence-corrected chi connectivity index (χ0v) is 22.6. The van der Waals surface area contributed by atoms with Gasteiger partial charge in [0.25, 0.3) is 0 Å². The van der Waals surface area contributed by atoms with E-state index in [0.29, 0.717) is 42.9 Å². The first-order valence-electron chi connectivity index (χ1n) is 13.5. The van der Waals surface area contributed by atoms with E-state index >= 15 is 0 Å². The van der Waals surface area contributed by atoms with E-state index in [1.54, 1.807) is 6.07 Å². The molecule has 0 fully saturated rings. The van der Waals surface area contributed by atoms with Gasteiger partial charge in [-0.15, -0.1) is 12.3 Å². The summed E-state index contributed by atoms with van der Waals surface area (Å²) >= 11 is 0. The molecule has 7 nitrogen and oxygen atoms in total. The highest BCUT2D eigenvalue weighted by molar-refractivity contribution is 5.81. The molecule has 0 aromatic heterocycles. The Balaban J connectivity index is 1.78. The Hall–Kier alpha value is -3.62. The minimum absolute atomic E-state index is 0.0361. The van der Waals surface area contributed by atoms with E-state index in [4.69, 9.17) is 11.2 Å². The first kappa shape index (κ1) is 31.9. The molecule has 41 heavy (non-hydrogen) atoms. The van der Waals surface area contributed by atoms with Gasteiger partial charge in [0.1, 0.15) is 11.6 Å². The molecule has 11 heteroatoms. The van der Waals surface area contributed by atoms with Crippen LogP contribution in [0.2, 0.25) is 0 Å². The highest BCUT2D eigenvalue weighted by Gasteiger charge is 2.30. The Bertz CT molecular complexity index is 1210.